The zero-order chi connectivity index (χ0) is 18.7. The van der Waals surface area contributed by atoms with Crippen LogP contribution in [0.1, 0.15) is 70.0 Å². The summed E-state index contributed by atoms with van der Waals surface area (Å²) in [5.74, 6) is 0.713. The molecule has 1 aromatic rings. The van der Waals surface area contributed by atoms with Crippen LogP contribution >= 0.6 is 0 Å². The van der Waals surface area contributed by atoms with Crippen LogP contribution in [0.2, 0.25) is 0 Å². The summed E-state index contributed by atoms with van der Waals surface area (Å²) in [4.78, 5) is 15.2. The molecule has 2 atom stereocenters. The van der Waals surface area contributed by atoms with Gasteiger partial charge in [0, 0.05) is 18.5 Å². The molecule has 1 heterocycles. The van der Waals surface area contributed by atoms with E-state index in [-0.39, 0.29) is 17.4 Å². The average molecular weight is 359 g/mol. The van der Waals surface area contributed by atoms with Crippen molar-refractivity contribution in [3.63, 3.8) is 0 Å². The van der Waals surface area contributed by atoms with Crippen LogP contribution in [-0.4, -0.2) is 41.7 Å². The molecule has 0 spiro atoms. The zero-order valence-electron chi connectivity index (χ0n) is 16.5. The molecule has 0 saturated heterocycles. The Morgan fingerprint density at radius 2 is 1.96 bits per heavy atom. The van der Waals surface area contributed by atoms with E-state index < -0.39 is 6.10 Å². The van der Waals surface area contributed by atoms with Gasteiger partial charge in [-0.05, 0) is 36.8 Å². The zero-order valence-corrected chi connectivity index (χ0v) is 16.5. The summed E-state index contributed by atoms with van der Waals surface area (Å²) in [5.41, 5.74) is 2.71. The number of fused-ring (bicyclic) bond motifs is 1. The first-order valence-corrected chi connectivity index (χ1v) is 10.2. The van der Waals surface area contributed by atoms with Crippen molar-refractivity contribution in [1.82, 2.24) is 10.2 Å². The number of nitrogens with one attached hydrogen (secondary N) is 1. The van der Waals surface area contributed by atoms with Crippen molar-refractivity contribution in [2.24, 2.45) is 5.92 Å². The largest absolute Gasteiger partial charge is 0.392 e. The SMILES string of the molecule is C[C@@H](O)CNCC(=O)N1CC(C)(C)c2ccccc2C1C1CCCCC1. The first-order valence-electron chi connectivity index (χ1n) is 10.2. The van der Waals surface area contributed by atoms with E-state index in [9.17, 15) is 9.90 Å². The third-order valence-electron chi connectivity index (χ3n) is 6.04. The number of carbonyl (C=O) groups is 1. The highest BCUT2D eigenvalue weighted by Crippen LogP contribution is 2.46. The summed E-state index contributed by atoms with van der Waals surface area (Å²) in [6, 6.07) is 8.92. The number of carbonyl (C=O) groups excluding carboxylic acids is 1. The highest BCUT2D eigenvalue weighted by molar-refractivity contribution is 5.79. The van der Waals surface area contributed by atoms with Crippen molar-refractivity contribution >= 4 is 5.91 Å². The van der Waals surface area contributed by atoms with Crippen LogP contribution < -0.4 is 5.32 Å². The van der Waals surface area contributed by atoms with Crippen LogP contribution in [0, 0.1) is 5.92 Å². The number of rotatable bonds is 5. The summed E-state index contributed by atoms with van der Waals surface area (Å²) in [6.07, 6.45) is 5.86. The summed E-state index contributed by atoms with van der Waals surface area (Å²) in [6.45, 7) is 7.74. The molecule has 4 nitrogen and oxygen atoms in total. The highest BCUT2D eigenvalue weighted by atomic mass is 16.3. The molecule has 144 valence electrons. The van der Waals surface area contributed by atoms with Crippen molar-refractivity contribution in [1.29, 1.82) is 0 Å². The van der Waals surface area contributed by atoms with Crippen LogP contribution in [-0.2, 0) is 10.2 Å². The van der Waals surface area contributed by atoms with Gasteiger partial charge in [0.25, 0.3) is 0 Å². The van der Waals surface area contributed by atoms with E-state index in [0.29, 0.717) is 19.0 Å². The summed E-state index contributed by atoms with van der Waals surface area (Å²) in [5, 5.41) is 12.6. The molecule has 3 rings (SSSR count). The standard InChI is InChI=1S/C22H34N2O2/c1-16(25)13-23-14-20(26)24-15-22(2,3)19-12-8-7-11-18(19)21(24)17-9-5-4-6-10-17/h7-8,11-12,16-17,21,23,25H,4-6,9-10,13-15H2,1-3H3/t16-,21?/m1/s1. The van der Waals surface area contributed by atoms with E-state index in [4.69, 9.17) is 0 Å². The first kappa shape index (κ1) is 19.4. The molecule has 1 aliphatic heterocycles. The van der Waals surface area contributed by atoms with Gasteiger partial charge in [-0.15, -0.1) is 0 Å². The summed E-state index contributed by atoms with van der Waals surface area (Å²) >= 11 is 0. The maximum atomic E-state index is 13.1. The van der Waals surface area contributed by atoms with Gasteiger partial charge in [-0.25, -0.2) is 0 Å². The molecular weight excluding hydrogens is 324 g/mol. The number of nitrogens with zero attached hydrogens (tertiary/aromatic N) is 1. The summed E-state index contributed by atoms with van der Waals surface area (Å²) < 4.78 is 0. The fourth-order valence-electron chi connectivity index (χ4n) is 4.84. The van der Waals surface area contributed by atoms with E-state index in [1.165, 1.54) is 43.2 Å². The van der Waals surface area contributed by atoms with E-state index in [2.05, 4.69) is 48.3 Å². The Morgan fingerprint density at radius 1 is 1.27 bits per heavy atom. The maximum Gasteiger partial charge on any atom is 0.237 e. The number of benzene rings is 1. The van der Waals surface area contributed by atoms with Gasteiger partial charge in [-0.2, -0.15) is 0 Å². The van der Waals surface area contributed by atoms with Crippen LogP contribution in [0.25, 0.3) is 0 Å². The number of aliphatic hydroxyl groups excluding tert-OH is 1. The van der Waals surface area contributed by atoms with Gasteiger partial charge in [0.1, 0.15) is 0 Å². The van der Waals surface area contributed by atoms with Crippen LogP contribution in [0.3, 0.4) is 0 Å². The second-order valence-electron chi connectivity index (χ2n) is 8.82. The Bertz CT molecular complexity index is 620. The topological polar surface area (TPSA) is 52.6 Å². The number of aliphatic hydroxyl groups is 1. The number of hydrogen-bond acceptors (Lipinski definition) is 3. The van der Waals surface area contributed by atoms with Crippen LogP contribution in [0.4, 0.5) is 0 Å². The quantitative estimate of drug-likeness (QED) is 0.848. The molecule has 4 heteroatoms. The first-order chi connectivity index (χ1) is 12.4. The molecule has 0 bridgehead atoms. The minimum absolute atomic E-state index is 0.0400. The van der Waals surface area contributed by atoms with Crippen LogP contribution in [0.15, 0.2) is 24.3 Å². The van der Waals surface area contributed by atoms with Gasteiger partial charge in [0.05, 0.1) is 18.7 Å². The van der Waals surface area contributed by atoms with E-state index in [1.807, 2.05) is 0 Å². The molecule has 1 aliphatic carbocycles. The lowest BCUT2D eigenvalue weighted by Gasteiger charge is -2.49. The van der Waals surface area contributed by atoms with Crippen molar-refractivity contribution in [2.45, 2.75) is 70.4 Å². The van der Waals surface area contributed by atoms with Gasteiger partial charge in [-0.3, -0.25) is 4.79 Å². The van der Waals surface area contributed by atoms with E-state index in [1.54, 1.807) is 6.92 Å². The lowest BCUT2D eigenvalue weighted by atomic mass is 9.70. The Kier molecular flexibility index (Phi) is 6.03. The predicted octanol–water partition coefficient (Wildman–Crippen LogP) is 3.40. The van der Waals surface area contributed by atoms with E-state index >= 15 is 0 Å². The van der Waals surface area contributed by atoms with Crippen molar-refractivity contribution in [3.8, 4) is 0 Å². The minimum atomic E-state index is -0.435. The molecule has 2 N–H and O–H groups in total. The minimum Gasteiger partial charge on any atom is -0.392 e. The fourth-order valence-corrected chi connectivity index (χ4v) is 4.84. The number of amides is 1. The van der Waals surface area contributed by atoms with Crippen LogP contribution in [0.5, 0.6) is 0 Å². The van der Waals surface area contributed by atoms with Gasteiger partial charge >= 0.3 is 0 Å². The molecule has 1 aromatic carbocycles. The third kappa shape index (κ3) is 4.12. The third-order valence-corrected chi connectivity index (χ3v) is 6.04. The van der Waals surface area contributed by atoms with Gasteiger partial charge in [0.15, 0.2) is 0 Å². The smallest absolute Gasteiger partial charge is 0.237 e. The van der Waals surface area contributed by atoms with Crippen molar-refractivity contribution < 1.29 is 9.90 Å². The van der Waals surface area contributed by atoms with E-state index in [0.717, 1.165) is 6.54 Å². The predicted molar refractivity (Wildman–Crippen MR) is 105 cm³/mol. The molecule has 2 aliphatic rings. The maximum absolute atomic E-state index is 13.1. The Morgan fingerprint density at radius 3 is 2.65 bits per heavy atom. The number of hydrogen-bond donors (Lipinski definition) is 2. The van der Waals surface area contributed by atoms with Crippen molar-refractivity contribution in [3.05, 3.63) is 35.4 Å². The highest BCUT2D eigenvalue weighted by Gasteiger charge is 2.42. The molecule has 1 unspecified atom stereocenters. The van der Waals surface area contributed by atoms with Gasteiger partial charge < -0.3 is 15.3 Å². The molecule has 1 saturated carbocycles. The molecular formula is C22H34N2O2. The van der Waals surface area contributed by atoms with Crippen molar-refractivity contribution in [2.75, 3.05) is 19.6 Å². The molecule has 0 aromatic heterocycles. The monoisotopic (exact) mass is 358 g/mol. The Hall–Kier alpha value is -1.39. The molecule has 1 amide bonds. The fraction of sp³-hybridized carbons (Fsp3) is 0.682. The summed E-state index contributed by atoms with van der Waals surface area (Å²) in [7, 11) is 0. The molecule has 0 radical (unpaired) electrons. The molecule has 26 heavy (non-hydrogen) atoms. The second-order valence-corrected chi connectivity index (χ2v) is 8.82. The Balaban J connectivity index is 1.89. The lowest BCUT2D eigenvalue weighted by Crippen LogP contribution is -2.52. The lowest BCUT2D eigenvalue weighted by molar-refractivity contribution is -0.136. The second kappa shape index (κ2) is 8.10. The average Bonchev–Trinajstić information content (AvgIpc) is 2.61. The normalized spacial score (nSPS) is 24.2. The van der Waals surface area contributed by atoms with Gasteiger partial charge in [-0.1, -0.05) is 57.4 Å². The molecule has 1 fully saturated rings. The van der Waals surface area contributed by atoms with Gasteiger partial charge in [0.2, 0.25) is 5.91 Å². The Labute approximate surface area is 158 Å².